The summed E-state index contributed by atoms with van der Waals surface area (Å²) < 4.78 is 0. The van der Waals surface area contributed by atoms with Crippen molar-refractivity contribution in [3.05, 3.63) is 30.3 Å². The highest BCUT2D eigenvalue weighted by atomic mass is 14.9. The molecule has 0 heterocycles. The Kier molecular flexibility index (Phi) is 4.70. The highest BCUT2D eigenvalue weighted by molar-refractivity contribution is 5.45. The average molecular weight is 270 g/mol. The smallest absolute Gasteiger partial charge is 0.117 e. The number of nitrogens with zero attached hydrogens (tertiary/aromatic N) is 1. The van der Waals surface area contributed by atoms with E-state index in [0.29, 0.717) is 11.3 Å². The molecule has 1 aromatic rings. The largest absolute Gasteiger partial charge is 0.370 e. The average Bonchev–Trinajstić information content (AvgIpc) is 2.45. The van der Waals surface area contributed by atoms with Crippen molar-refractivity contribution in [1.82, 2.24) is 0 Å². The quantitative estimate of drug-likeness (QED) is 0.852. The summed E-state index contributed by atoms with van der Waals surface area (Å²) in [5.74, 6) is 1.29. The Morgan fingerprint density at radius 2 is 1.70 bits per heavy atom. The van der Waals surface area contributed by atoms with Crippen molar-refractivity contribution >= 4 is 5.69 Å². The molecular formula is C18H26N2. The summed E-state index contributed by atoms with van der Waals surface area (Å²) in [6, 6.07) is 12.5. The van der Waals surface area contributed by atoms with Crippen LogP contribution in [0.1, 0.15) is 46.5 Å². The lowest BCUT2D eigenvalue weighted by molar-refractivity contribution is 0.148. The summed E-state index contributed by atoms with van der Waals surface area (Å²) in [5.41, 5.74) is 1.46. The van der Waals surface area contributed by atoms with Crippen molar-refractivity contribution in [2.24, 2.45) is 17.3 Å². The van der Waals surface area contributed by atoms with Crippen molar-refractivity contribution in [3.8, 4) is 6.07 Å². The van der Waals surface area contributed by atoms with Gasteiger partial charge in [-0.05, 0) is 55.1 Å². The summed E-state index contributed by atoms with van der Waals surface area (Å²) in [4.78, 5) is 0. The summed E-state index contributed by atoms with van der Waals surface area (Å²) in [7, 11) is 0. The number of rotatable bonds is 3. The Labute approximate surface area is 123 Å². The van der Waals surface area contributed by atoms with Crippen molar-refractivity contribution in [2.45, 2.75) is 52.5 Å². The topological polar surface area (TPSA) is 35.8 Å². The highest BCUT2D eigenvalue weighted by Crippen LogP contribution is 2.40. The molecule has 0 aliphatic heterocycles. The predicted molar refractivity (Wildman–Crippen MR) is 84.4 cm³/mol. The van der Waals surface area contributed by atoms with Crippen molar-refractivity contribution in [3.63, 3.8) is 0 Å². The molecule has 20 heavy (non-hydrogen) atoms. The minimum atomic E-state index is -0.0571. The minimum absolute atomic E-state index is 0.0571. The zero-order valence-corrected chi connectivity index (χ0v) is 12.9. The van der Waals surface area contributed by atoms with E-state index in [1.165, 1.54) is 25.7 Å². The SMILES string of the molecule is CC(C)(C)C1CCC(C(C#N)Nc2ccccc2)CC1. The van der Waals surface area contributed by atoms with Crippen LogP contribution in [0.5, 0.6) is 0 Å². The van der Waals surface area contributed by atoms with Gasteiger partial charge in [-0.1, -0.05) is 39.0 Å². The molecule has 2 nitrogen and oxygen atoms in total. The number of benzene rings is 1. The molecule has 1 fully saturated rings. The van der Waals surface area contributed by atoms with Crippen LogP contribution in [0.25, 0.3) is 0 Å². The van der Waals surface area contributed by atoms with Gasteiger partial charge in [-0.15, -0.1) is 0 Å². The molecular weight excluding hydrogens is 244 g/mol. The highest BCUT2D eigenvalue weighted by Gasteiger charge is 2.32. The van der Waals surface area contributed by atoms with Gasteiger partial charge in [0.2, 0.25) is 0 Å². The van der Waals surface area contributed by atoms with E-state index in [-0.39, 0.29) is 6.04 Å². The van der Waals surface area contributed by atoms with Gasteiger partial charge in [-0.3, -0.25) is 0 Å². The number of hydrogen-bond donors (Lipinski definition) is 1. The minimum Gasteiger partial charge on any atom is -0.370 e. The van der Waals surface area contributed by atoms with Gasteiger partial charge in [-0.25, -0.2) is 0 Å². The van der Waals surface area contributed by atoms with Gasteiger partial charge in [0.1, 0.15) is 6.04 Å². The second-order valence-corrected chi connectivity index (χ2v) is 7.09. The Morgan fingerprint density at radius 1 is 1.10 bits per heavy atom. The first-order valence-corrected chi connectivity index (χ1v) is 7.72. The van der Waals surface area contributed by atoms with E-state index in [1.54, 1.807) is 0 Å². The van der Waals surface area contributed by atoms with Crippen LogP contribution < -0.4 is 5.32 Å². The molecule has 0 saturated heterocycles. The summed E-state index contributed by atoms with van der Waals surface area (Å²) in [5, 5.41) is 12.8. The number of para-hydroxylation sites is 1. The number of anilines is 1. The third-order valence-electron chi connectivity index (χ3n) is 4.70. The van der Waals surface area contributed by atoms with Crippen molar-refractivity contribution < 1.29 is 0 Å². The Balaban J connectivity index is 1.93. The van der Waals surface area contributed by atoms with Crippen LogP contribution in [0.2, 0.25) is 0 Å². The first kappa shape index (κ1) is 14.9. The lowest BCUT2D eigenvalue weighted by Gasteiger charge is -2.38. The van der Waals surface area contributed by atoms with Crippen LogP contribution in [0.4, 0.5) is 5.69 Å². The molecule has 1 N–H and O–H groups in total. The maximum Gasteiger partial charge on any atom is 0.117 e. The molecule has 0 radical (unpaired) electrons. The zero-order chi connectivity index (χ0) is 14.6. The van der Waals surface area contributed by atoms with E-state index in [0.717, 1.165) is 11.6 Å². The molecule has 2 rings (SSSR count). The van der Waals surface area contributed by atoms with Crippen molar-refractivity contribution in [2.75, 3.05) is 5.32 Å². The molecule has 108 valence electrons. The van der Waals surface area contributed by atoms with Crippen LogP contribution in [0.3, 0.4) is 0 Å². The molecule has 0 spiro atoms. The van der Waals surface area contributed by atoms with Crippen molar-refractivity contribution in [1.29, 1.82) is 5.26 Å². The fraction of sp³-hybridized carbons (Fsp3) is 0.611. The number of hydrogen-bond acceptors (Lipinski definition) is 2. The lowest BCUT2D eigenvalue weighted by Crippen LogP contribution is -2.34. The summed E-state index contributed by atoms with van der Waals surface area (Å²) in [6.45, 7) is 7.01. The van der Waals surface area contributed by atoms with E-state index in [2.05, 4.69) is 32.2 Å². The molecule has 1 atom stereocenters. The number of nitriles is 1. The van der Waals surface area contributed by atoms with E-state index < -0.39 is 0 Å². The summed E-state index contributed by atoms with van der Waals surface area (Å²) in [6.07, 6.45) is 4.84. The van der Waals surface area contributed by atoms with Gasteiger partial charge in [-0.2, -0.15) is 5.26 Å². The van der Waals surface area contributed by atoms with Crippen LogP contribution in [-0.4, -0.2) is 6.04 Å². The third kappa shape index (κ3) is 3.76. The molecule has 0 bridgehead atoms. The Morgan fingerprint density at radius 3 is 2.20 bits per heavy atom. The molecule has 1 saturated carbocycles. The van der Waals surface area contributed by atoms with Gasteiger partial charge in [0.15, 0.2) is 0 Å². The van der Waals surface area contributed by atoms with Gasteiger partial charge < -0.3 is 5.32 Å². The monoisotopic (exact) mass is 270 g/mol. The van der Waals surface area contributed by atoms with Gasteiger partial charge >= 0.3 is 0 Å². The van der Waals surface area contributed by atoms with E-state index in [4.69, 9.17) is 0 Å². The van der Waals surface area contributed by atoms with Crippen LogP contribution in [0.15, 0.2) is 30.3 Å². The van der Waals surface area contributed by atoms with Gasteiger partial charge in [0.25, 0.3) is 0 Å². The van der Waals surface area contributed by atoms with Crippen LogP contribution >= 0.6 is 0 Å². The lowest BCUT2D eigenvalue weighted by atomic mass is 9.68. The fourth-order valence-electron chi connectivity index (χ4n) is 3.29. The Hall–Kier alpha value is -1.49. The molecule has 0 aromatic heterocycles. The maximum atomic E-state index is 9.45. The summed E-state index contributed by atoms with van der Waals surface area (Å²) >= 11 is 0. The second kappa shape index (κ2) is 6.31. The van der Waals surface area contributed by atoms with Crippen LogP contribution in [-0.2, 0) is 0 Å². The first-order valence-electron chi connectivity index (χ1n) is 7.72. The van der Waals surface area contributed by atoms with Gasteiger partial charge in [0, 0.05) is 5.69 Å². The van der Waals surface area contributed by atoms with E-state index in [1.807, 2.05) is 30.3 Å². The first-order chi connectivity index (χ1) is 9.50. The number of nitrogens with one attached hydrogen (secondary N) is 1. The molecule has 1 unspecified atom stereocenters. The normalized spacial score (nSPS) is 24.7. The van der Waals surface area contributed by atoms with Crippen LogP contribution in [0, 0.1) is 28.6 Å². The predicted octanol–water partition coefficient (Wildman–Crippen LogP) is 4.84. The molecule has 0 amide bonds. The molecule has 2 heteroatoms. The molecule has 1 aliphatic rings. The van der Waals surface area contributed by atoms with Gasteiger partial charge in [0.05, 0.1) is 6.07 Å². The standard InChI is InChI=1S/C18H26N2/c1-18(2,3)15-11-9-14(10-12-15)17(13-19)20-16-7-5-4-6-8-16/h4-8,14-15,17,20H,9-12H2,1-3H3. The molecule has 1 aliphatic carbocycles. The second-order valence-electron chi connectivity index (χ2n) is 7.09. The van der Waals surface area contributed by atoms with E-state index >= 15 is 0 Å². The maximum absolute atomic E-state index is 9.45. The molecule has 1 aromatic carbocycles. The Bertz CT molecular complexity index is 445. The fourth-order valence-corrected chi connectivity index (χ4v) is 3.29. The third-order valence-corrected chi connectivity index (χ3v) is 4.70. The zero-order valence-electron chi connectivity index (χ0n) is 12.9. The van der Waals surface area contributed by atoms with E-state index in [9.17, 15) is 5.26 Å².